The Hall–Kier alpha value is -2.13. The smallest absolute Gasteiger partial charge is 0.316 e. The topological polar surface area (TPSA) is 93.2 Å². The lowest BCUT2D eigenvalue weighted by Crippen LogP contribution is -2.24. The van der Waals surface area contributed by atoms with Gasteiger partial charge in [-0.3, -0.25) is 9.59 Å². The second-order valence-corrected chi connectivity index (χ2v) is 8.34. The molecular formula is C16H20N4O3S2. The highest BCUT2D eigenvalue weighted by Gasteiger charge is 2.17. The minimum Gasteiger partial charge on any atom is -0.459 e. The van der Waals surface area contributed by atoms with Crippen LogP contribution >= 0.6 is 23.1 Å². The number of amides is 1. The Morgan fingerprint density at radius 2 is 1.96 bits per heavy atom. The van der Waals surface area contributed by atoms with Gasteiger partial charge in [0.15, 0.2) is 4.34 Å². The summed E-state index contributed by atoms with van der Waals surface area (Å²) in [4.78, 5) is 22.8. The standard InChI is InChI=1S/C16H20N4O3S2/c1-10(21)17-11-6-5-7-12(8-11)18-14-19-20-15(25-14)24-9-13(22)23-16(2,3)4/h5-8H,9H2,1-4H3,(H,17,21)(H,18,19). The highest BCUT2D eigenvalue weighted by Crippen LogP contribution is 2.28. The molecule has 9 heteroatoms. The van der Waals surface area contributed by atoms with Crippen LogP contribution in [0.15, 0.2) is 28.6 Å². The molecule has 0 saturated carbocycles. The number of ether oxygens (including phenoxy) is 1. The predicted octanol–water partition coefficient (Wildman–Crippen LogP) is 3.67. The second-order valence-electron chi connectivity index (χ2n) is 6.14. The Bertz CT molecular complexity index is 756. The van der Waals surface area contributed by atoms with Crippen molar-refractivity contribution >= 4 is 51.5 Å². The van der Waals surface area contributed by atoms with Crippen LogP contribution in [0.25, 0.3) is 0 Å². The highest BCUT2D eigenvalue weighted by molar-refractivity contribution is 8.01. The minimum absolute atomic E-state index is 0.131. The van der Waals surface area contributed by atoms with E-state index in [0.29, 0.717) is 15.2 Å². The molecule has 2 rings (SSSR count). The van der Waals surface area contributed by atoms with Gasteiger partial charge in [0.25, 0.3) is 0 Å². The Labute approximate surface area is 154 Å². The minimum atomic E-state index is -0.496. The number of aromatic nitrogens is 2. The van der Waals surface area contributed by atoms with Crippen LogP contribution in [0.4, 0.5) is 16.5 Å². The Balaban J connectivity index is 1.91. The number of carbonyl (C=O) groups excluding carboxylic acids is 2. The molecule has 1 amide bonds. The van der Waals surface area contributed by atoms with Crippen LogP contribution in [0.5, 0.6) is 0 Å². The van der Waals surface area contributed by atoms with Gasteiger partial charge in [0, 0.05) is 18.3 Å². The zero-order chi connectivity index (χ0) is 18.4. The van der Waals surface area contributed by atoms with E-state index in [1.807, 2.05) is 32.9 Å². The molecule has 7 nitrogen and oxygen atoms in total. The molecular weight excluding hydrogens is 360 g/mol. The zero-order valence-corrected chi connectivity index (χ0v) is 16.1. The third kappa shape index (κ3) is 7.10. The molecule has 0 fully saturated rings. The summed E-state index contributed by atoms with van der Waals surface area (Å²) in [6.45, 7) is 6.95. The van der Waals surface area contributed by atoms with Crippen LogP contribution in [-0.2, 0) is 14.3 Å². The molecule has 0 aliphatic heterocycles. The first-order chi connectivity index (χ1) is 11.7. The van der Waals surface area contributed by atoms with Crippen molar-refractivity contribution in [2.75, 3.05) is 16.4 Å². The van der Waals surface area contributed by atoms with Crippen molar-refractivity contribution in [3.63, 3.8) is 0 Å². The summed E-state index contributed by atoms with van der Waals surface area (Å²) in [6.07, 6.45) is 0. The molecule has 2 N–H and O–H groups in total. The van der Waals surface area contributed by atoms with E-state index >= 15 is 0 Å². The maximum Gasteiger partial charge on any atom is 0.316 e. The van der Waals surface area contributed by atoms with E-state index < -0.39 is 5.60 Å². The maximum atomic E-state index is 11.7. The lowest BCUT2D eigenvalue weighted by Gasteiger charge is -2.18. The van der Waals surface area contributed by atoms with Crippen LogP contribution in [0, 0.1) is 0 Å². The fraction of sp³-hybridized carbons (Fsp3) is 0.375. The molecule has 134 valence electrons. The molecule has 0 saturated heterocycles. The van der Waals surface area contributed by atoms with Crippen molar-refractivity contribution in [3.05, 3.63) is 24.3 Å². The van der Waals surface area contributed by atoms with Gasteiger partial charge in [0.1, 0.15) is 5.60 Å². The summed E-state index contributed by atoms with van der Waals surface area (Å²) in [5, 5.41) is 14.5. The van der Waals surface area contributed by atoms with Gasteiger partial charge in [-0.05, 0) is 39.0 Å². The van der Waals surface area contributed by atoms with E-state index in [-0.39, 0.29) is 17.6 Å². The largest absolute Gasteiger partial charge is 0.459 e. The van der Waals surface area contributed by atoms with Gasteiger partial charge in [-0.2, -0.15) is 0 Å². The van der Waals surface area contributed by atoms with Crippen LogP contribution in [0.2, 0.25) is 0 Å². The molecule has 1 aromatic heterocycles. The van der Waals surface area contributed by atoms with E-state index in [0.717, 1.165) is 5.69 Å². The molecule has 0 spiro atoms. The van der Waals surface area contributed by atoms with Crippen molar-refractivity contribution in [3.8, 4) is 0 Å². The molecule has 0 bridgehead atoms. The molecule has 0 aliphatic rings. The average molecular weight is 380 g/mol. The highest BCUT2D eigenvalue weighted by atomic mass is 32.2. The van der Waals surface area contributed by atoms with E-state index in [4.69, 9.17) is 4.74 Å². The first-order valence-corrected chi connectivity index (χ1v) is 9.34. The van der Waals surface area contributed by atoms with Crippen molar-refractivity contribution in [1.82, 2.24) is 10.2 Å². The summed E-state index contributed by atoms with van der Waals surface area (Å²) in [5.74, 6) is -0.233. The van der Waals surface area contributed by atoms with Gasteiger partial charge >= 0.3 is 5.97 Å². The summed E-state index contributed by atoms with van der Waals surface area (Å²) in [5.41, 5.74) is 0.984. The lowest BCUT2D eigenvalue weighted by atomic mass is 10.2. The number of benzene rings is 1. The van der Waals surface area contributed by atoms with Gasteiger partial charge in [-0.25, -0.2) is 0 Å². The first-order valence-electron chi connectivity index (χ1n) is 7.54. The molecule has 0 unspecified atom stereocenters. The molecule has 1 aromatic carbocycles. The van der Waals surface area contributed by atoms with Gasteiger partial charge in [0.2, 0.25) is 11.0 Å². The van der Waals surface area contributed by atoms with Crippen LogP contribution in [-0.4, -0.2) is 33.4 Å². The van der Waals surface area contributed by atoms with Gasteiger partial charge in [-0.15, -0.1) is 10.2 Å². The van der Waals surface area contributed by atoms with E-state index in [1.54, 1.807) is 12.1 Å². The molecule has 25 heavy (non-hydrogen) atoms. The predicted molar refractivity (Wildman–Crippen MR) is 101 cm³/mol. The van der Waals surface area contributed by atoms with Gasteiger partial charge in [0.05, 0.1) is 5.75 Å². The normalized spacial score (nSPS) is 11.0. The molecule has 0 radical (unpaired) electrons. The van der Waals surface area contributed by atoms with Crippen molar-refractivity contribution in [2.45, 2.75) is 37.6 Å². The van der Waals surface area contributed by atoms with Gasteiger partial charge < -0.3 is 15.4 Å². The van der Waals surface area contributed by atoms with Crippen molar-refractivity contribution < 1.29 is 14.3 Å². The number of esters is 1. The number of hydrogen-bond donors (Lipinski definition) is 2. The Morgan fingerprint density at radius 3 is 2.64 bits per heavy atom. The number of hydrogen-bond acceptors (Lipinski definition) is 8. The maximum absolute atomic E-state index is 11.7. The second kappa shape index (κ2) is 8.30. The molecule has 1 heterocycles. The zero-order valence-electron chi connectivity index (χ0n) is 14.5. The number of nitrogens with zero attached hydrogens (tertiary/aromatic N) is 2. The molecule has 0 atom stereocenters. The number of nitrogens with one attached hydrogen (secondary N) is 2. The van der Waals surface area contributed by atoms with Crippen molar-refractivity contribution in [2.24, 2.45) is 0 Å². The van der Waals surface area contributed by atoms with Crippen LogP contribution < -0.4 is 10.6 Å². The summed E-state index contributed by atoms with van der Waals surface area (Å²) < 4.78 is 5.93. The molecule has 0 aliphatic carbocycles. The SMILES string of the molecule is CC(=O)Nc1cccc(Nc2nnc(SCC(=O)OC(C)(C)C)s2)c1. The molecule has 2 aromatic rings. The fourth-order valence-corrected chi connectivity index (χ4v) is 3.36. The van der Waals surface area contributed by atoms with Crippen LogP contribution in [0.3, 0.4) is 0 Å². The summed E-state index contributed by atoms with van der Waals surface area (Å²) in [6, 6.07) is 7.29. The Kier molecular flexibility index (Phi) is 6.38. The van der Waals surface area contributed by atoms with E-state index in [9.17, 15) is 9.59 Å². The van der Waals surface area contributed by atoms with E-state index in [2.05, 4.69) is 20.8 Å². The number of rotatable bonds is 6. The van der Waals surface area contributed by atoms with Crippen molar-refractivity contribution in [1.29, 1.82) is 0 Å². The Morgan fingerprint density at radius 1 is 1.24 bits per heavy atom. The average Bonchev–Trinajstić information content (AvgIpc) is 2.90. The monoisotopic (exact) mass is 380 g/mol. The van der Waals surface area contributed by atoms with Crippen LogP contribution in [0.1, 0.15) is 27.7 Å². The van der Waals surface area contributed by atoms with Gasteiger partial charge in [-0.1, -0.05) is 29.2 Å². The summed E-state index contributed by atoms with van der Waals surface area (Å²) in [7, 11) is 0. The number of anilines is 3. The number of thioether (sulfide) groups is 1. The third-order valence-corrected chi connectivity index (χ3v) is 4.52. The third-order valence-electron chi connectivity index (χ3n) is 2.57. The first kappa shape index (κ1) is 19.2. The van der Waals surface area contributed by atoms with E-state index in [1.165, 1.54) is 30.0 Å². The summed E-state index contributed by atoms with van der Waals surface area (Å²) >= 11 is 2.63. The quantitative estimate of drug-likeness (QED) is 0.583. The lowest BCUT2D eigenvalue weighted by molar-refractivity contribution is -0.151. The fourth-order valence-electron chi connectivity index (χ4n) is 1.81. The number of carbonyl (C=O) groups is 2.